The lowest BCUT2D eigenvalue weighted by Gasteiger charge is -2.56. The molecule has 0 aliphatic carbocycles. The van der Waals surface area contributed by atoms with Gasteiger partial charge in [-0.05, 0) is 81.3 Å². The van der Waals surface area contributed by atoms with Crippen molar-refractivity contribution >= 4 is 27.2 Å². The summed E-state index contributed by atoms with van der Waals surface area (Å²) < 4.78 is 6.45. The molecule has 2 bridgehead atoms. The molecule has 3 aliphatic rings. The topological polar surface area (TPSA) is 29.5 Å². The van der Waals surface area contributed by atoms with Crippen LogP contribution in [0.5, 0.6) is 5.75 Å². The third-order valence-corrected chi connectivity index (χ3v) is 7.39. The van der Waals surface area contributed by atoms with Gasteiger partial charge in [0, 0.05) is 16.7 Å². The lowest BCUT2D eigenvalue weighted by molar-refractivity contribution is -0.0643. The number of piperidine rings is 3. The number of Topliss-reactive ketones (excluding diaryl/α,β-unsaturated/α-hetero) is 1. The van der Waals surface area contributed by atoms with Gasteiger partial charge in [0.05, 0.1) is 12.0 Å². The van der Waals surface area contributed by atoms with E-state index < -0.39 is 0 Å². The first-order chi connectivity index (χ1) is 11.5. The number of benzene rings is 1. The third-order valence-electron chi connectivity index (χ3n) is 6.23. The second kappa shape index (κ2) is 5.85. The molecular weight excluding hydrogens is 318 g/mol. The number of rotatable bonds is 4. The molecule has 0 spiro atoms. The number of nitrogens with zero attached hydrogens (tertiary/aromatic N) is 1. The lowest BCUT2D eigenvalue weighted by Crippen LogP contribution is -2.61. The molecule has 1 aromatic heterocycles. The Morgan fingerprint density at radius 1 is 1.29 bits per heavy atom. The van der Waals surface area contributed by atoms with Gasteiger partial charge in [0.15, 0.2) is 5.78 Å². The zero-order chi connectivity index (χ0) is 16.9. The molecule has 24 heavy (non-hydrogen) atoms. The number of carbonyl (C=O) groups excluding carboxylic acids is 1. The van der Waals surface area contributed by atoms with Crippen LogP contribution in [0.15, 0.2) is 24.3 Å². The van der Waals surface area contributed by atoms with Gasteiger partial charge < -0.3 is 4.74 Å². The van der Waals surface area contributed by atoms with Crippen molar-refractivity contribution in [3.63, 3.8) is 0 Å². The van der Waals surface area contributed by atoms with Crippen molar-refractivity contribution in [2.45, 2.75) is 38.6 Å². The number of ketones is 1. The Morgan fingerprint density at radius 2 is 2.04 bits per heavy atom. The van der Waals surface area contributed by atoms with Gasteiger partial charge in [-0.3, -0.25) is 9.69 Å². The summed E-state index contributed by atoms with van der Waals surface area (Å²) in [5, 5.41) is 1.11. The molecule has 1 atom stereocenters. The number of hydrogen-bond acceptors (Lipinski definition) is 4. The van der Waals surface area contributed by atoms with E-state index in [9.17, 15) is 4.79 Å². The van der Waals surface area contributed by atoms with Gasteiger partial charge in [-0.15, -0.1) is 11.3 Å². The van der Waals surface area contributed by atoms with Crippen LogP contribution in [0.3, 0.4) is 0 Å². The zero-order valence-electron chi connectivity index (χ0n) is 14.7. The van der Waals surface area contributed by atoms with E-state index in [1.165, 1.54) is 25.9 Å². The second-order valence-electron chi connectivity index (χ2n) is 7.73. The molecule has 3 aliphatic heterocycles. The Kier molecular flexibility index (Phi) is 3.92. The Hall–Kier alpha value is -1.39. The van der Waals surface area contributed by atoms with E-state index in [0.29, 0.717) is 24.0 Å². The monoisotopic (exact) mass is 343 g/mol. The van der Waals surface area contributed by atoms with Gasteiger partial charge in [0.25, 0.3) is 0 Å². The van der Waals surface area contributed by atoms with E-state index in [1.54, 1.807) is 18.4 Å². The SMILES string of the molecule is COc1ccc2sc(C(=O)C[C@H]3C4CCN(CC4)C3(C)C)cc2c1. The molecule has 128 valence electrons. The Labute approximate surface area is 147 Å². The molecule has 1 aromatic carbocycles. The van der Waals surface area contributed by atoms with E-state index in [0.717, 1.165) is 20.7 Å². The van der Waals surface area contributed by atoms with Crippen molar-refractivity contribution in [2.75, 3.05) is 20.2 Å². The van der Waals surface area contributed by atoms with E-state index in [4.69, 9.17) is 4.74 Å². The van der Waals surface area contributed by atoms with Crippen molar-refractivity contribution in [2.24, 2.45) is 11.8 Å². The molecule has 0 unspecified atom stereocenters. The maximum Gasteiger partial charge on any atom is 0.173 e. The van der Waals surface area contributed by atoms with Crippen molar-refractivity contribution in [1.29, 1.82) is 0 Å². The van der Waals surface area contributed by atoms with Gasteiger partial charge in [0.2, 0.25) is 0 Å². The minimum atomic E-state index is 0.150. The third kappa shape index (κ3) is 2.56. The van der Waals surface area contributed by atoms with Gasteiger partial charge in [-0.2, -0.15) is 0 Å². The van der Waals surface area contributed by atoms with Gasteiger partial charge in [0.1, 0.15) is 5.75 Å². The first-order valence-electron chi connectivity index (χ1n) is 8.85. The van der Waals surface area contributed by atoms with Crippen LogP contribution in [0.1, 0.15) is 42.8 Å². The fraction of sp³-hybridized carbons (Fsp3) is 0.550. The molecule has 0 N–H and O–H groups in total. The van der Waals surface area contributed by atoms with Gasteiger partial charge in [-0.1, -0.05) is 0 Å². The first-order valence-corrected chi connectivity index (χ1v) is 9.66. The summed E-state index contributed by atoms with van der Waals surface area (Å²) in [6.45, 7) is 7.05. The molecule has 5 rings (SSSR count). The molecule has 0 saturated carbocycles. The van der Waals surface area contributed by atoms with Crippen LogP contribution in [0.4, 0.5) is 0 Å². The molecule has 4 heteroatoms. The predicted octanol–water partition coefficient (Wildman–Crippen LogP) is 4.60. The van der Waals surface area contributed by atoms with E-state index >= 15 is 0 Å². The Morgan fingerprint density at radius 3 is 2.71 bits per heavy atom. The minimum Gasteiger partial charge on any atom is -0.497 e. The Balaban J connectivity index is 1.58. The summed E-state index contributed by atoms with van der Waals surface area (Å²) in [6, 6.07) is 8.07. The van der Waals surface area contributed by atoms with Gasteiger partial charge in [-0.25, -0.2) is 0 Å². The molecule has 3 fully saturated rings. The Bertz CT molecular complexity index is 771. The summed E-state index contributed by atoms with van der Waals surface area (Å²) in [5.41, 5.74) is 0.150. The summed E-state index contributed by atoms with van der Waals surface area (Å²) in [4.78, 5) is 16.4. The summed E-state index contributed by atoms with van der Waals surface area (Å²) in [7, 11) is 1.68. The van der Waals surface area contributed by atoms with Crippen molar-refractivity contribution in [1.82, 2.24) is 4.90 Å². The standard InChI is InChI=1S/C20H25NO2S/c1-20(2)16(13-6-8-21(20)9-7-13)12-17(22)19-11-14-10-15(23-3)4-5-18(14)24-19/h4-5,10-11,13,16H,6-9,12H2,1-3H3/t16-/m0/s1. The quantitative estimate of drug-likeness (QED) is 0.760. The predicted molar refractivity (Wildman–Crippen MR) is 99.2 cm³/mol. The van der Waals surface area contributed by atoms with Crippen LogP contribution in [-0.4, -0.2) is 36.4 Å². The molecule has 3 saturated heterocycles. The second-order valence-corrected chi connectivity index (χ2v) is 8.81. The molecule has 0 radical (unpaired) electrons. The maximum absolute atomic E-state index is 13.0. The largest absolute Gasteiger partial charge is 0.497 e. The van der Waals surface area contributed by atoms with Crippen molar-refractivity contribution in [3.05, 3.63) is 29.1 Å². The number of ether oxygens (including phenoxy) is 1. The molecule has 3 nitrogen and oxygen atoms in total. The van der Waals surface area contributed by atoms with Crippen LogP contribution in [0, 0.1) is 11.8 Å². The minimum absolute atomic E-state index is 0.150. The molecule has 4 heterocycles. The fourth-order valence-corrected chi connectivity index (χ4v) is 5.68. The number of methoxy groups -OCH3 is 1. The first kappa shape index (κ1) is 16.1. The lowest BCUT2D eigenvalue weighted by atomic mass is 9.65. The highest BCUT2D eigenvalue weighted by Gasteiger charge is 2.47. The van der Waals surface area contributed by atoms with Crippen LogP contribution < -0.4 is 4.74 Å². The summed E-state index contributed by atoms with van der Waals surface area (Å²) in [5.74, 6) is 2.34. The summed E-state index contributed by atoms with van der Waals surface area (Å²) >= 11 is 1.61. The molecular formula is C20H25NO2S. The maximum atomic E-state index is 13.0. The zero-order valence-corrected chi connectivity index (χ0v) is 15.5. The van der Waals surface area contributed by atoms with Crippen LogP contribution in [0.25, 0.3) is 10.1 Å². The highest BCUT2D eigenvalue weighted by atomic mass is 32.1. The van der Waals surface area contributed by atoms with Crippen molar-refractivity contribution < 1.29 is 9.53 Å². The highest BCUT2D eigenvalue weighted by molar-refractivity contribution is 7.20. The number of thiophene rings is 1. The molecule has 2 aromatic rings. The van der Waals surface area contributed by atoms with Crippen LogP contribution >= 0.6 is 11.3 Å². The summed E-state index contributed by atoms with van der Waals surface area (Å²) in [6.07, 6.45) is 3.19. The number of hydrogen-bond donors (Lipinski definition) is 0. The van der Waals surface area contributed by atoms with E-state index in [2.05, 4.69) is 18.7 Å². The molecule has 0 amide bonds. The normalized spacial score (nSPS) is 28.2. The van der Waals surface area contributed by atoms with Crippen LogP contribution in [-0.2, 0) is 0 Å². The van der Waals surface area contributed by atoms with Crippen molar-refractivity contribution in [3.8, 4) is 5.75 Å². The average Bonchev–Trinajstić information content (AvgIpc) is 3.01. The fourth-order valence-electron chi connectivity index (χ4n) is 4.69. The number of carbonyl (C=O) groups is 1. The van der Waals surface area contributed by atoms with Gasteiger partial charge >= 0.3 is 0 Å². The highest BCUT2D eigenvalue weighted by Crippen LogP contribution is 2.46. The number of fused-ring (bicyclic) bond motifs is 4. The van der Waals surface area contributed by atoms with E-state index in [-0.39, 0.29) is 5.54 Å². The van der Waals surface area contributed by atoms with E-state index in [1.807, 2.05) is 24.3 Å². The smallest absolute Gasteiger partial charge is 0.173 e. The van der Waals surface area contributed by atoms with Crippen LogP contribution in [0.2, 0.25) is 0 Å². The average molecular weight is 343 g/mol.